The second-order valence-electron chi connectivity index (χ2n) is 24.7. The van der Waals surface area contributed by atoms with Crippen LogP contribution in [0, 0.1) is 29.6 Å². The van der Waals surface area contributed by atoms with Gasteiger partial charge in [0.05, 0.1) is 16.7 Å². The van der Waals surface area contributed by atoms with Crippen molar-refractivity contribution in [1.82, 2.24) is 0 Å². The Kier molecular flexibility index (Phi) is 26.3. The summed E-state index contributed by atoms with van der Waals surface area (Å²) in [4.78, 5) is 41.5. The predicted molar refractivity (Wildman–Crippen MR) is 333 cm³/mol. The third-order valence-electron chi connectivity index (χ3n) is 16.4. The molecule has 2 atom stereocenters. The van der Waals surface area contributed by atoms with Crippen LogP contribution in [-0.2, 0) is 24.9 Å². The molecule has 468 valence electrons. The van der Waals surface area contributed by atoms with Crippen LogP contribution >= 0.6 is 0 Å². The van der Waals surface area contributed by atoms with Gasteiger partial charge in [-0.1, -0.05) is 195 Å². The minimum atomic E-state index is -4.58. The number of hydrogen-bond donors (Lipinski definition) is 0. The molecule has 4 nitrogen and oxygen atoms in total. The number of benzene rings is 6. The summed E-state index contributed by atoms with van der Waals surface area (Å²) >= 11 is 0. The van der Waals surface area contributed by atoms with E-state index < -0.39 is 52.6 Å². The topological polar surface area (TPSA) is 54.5 Å². The van der Waals surface area contributed by atoms with Crippen molar-refractivity contribution in [2.75, 3.05) is 18.5 Å². The molecule has 0 aliphatic carbocycles. The van der Waals surface area contributed by atoms with Crippen LogP contribution < -0.4 is 4.90 Å². The lowest BCUT2D eigenvalue weighted by atomic mass is 9.77. The minimum Gasteiger partial charge on any atom is -0.375 e. The third-order valence-corrected chi connectivity index (χ3v) is 16.4. The summed E-state index contributed by atoms with van der Waals surface area (Å²) in [6.45, 7) is 31.4. The molecular weight excluding hydrogens is 1110 g/mol. The van der Waals surface area contributed by atoms with Crippen LogP contribution in [0.3, 0.4) is 0 Å². The largest absolute Gasteiger partial charge is 0.417 e. The predicted octanol–water partition coefficient (Wildman–Crippen LogP) is 22.1. The highest BCUT2D eigenvalue weighted by Crippen LogP contribution is 2.41. The zero-order valence-electron chi connectivity index (χ0n) is 53.1. The van der Waals surface area contributed by atoms with Gasteiger partial charge in [0.1, 0.15) is 0 Å². The van der Waals surface area contributed by atoms with Gasteiger partial charge in [0.2, 0.25) is 0 Å². The first-order chi connectivity index (χ1) is 40.1. The maximum atomic E-state index is 13.8. The highest BCUT2D eigenvalue weighted by molar-refractivity contribution is 6.12. The minimum absolute atomic E-state index is 0.0374. The smallest absolute Gasteiger partial charge is 0.375 e. The quantitative estimate of drug-likeness (QED) is 0.0502. The van der Waals surface area contributed by atoms with Gasteiger partial charge >= 0.3 is 18.5 Å². The Balaban J connectivity index is 0.000000277. The molecule has 0 fully saturated rings. The van der Waals surface area contributed by atoms with Crippen molar-refractivity contribution in [3.05, 3.63) is 205 Å². The highest BCUT2D eigenvalue weighted by Gasteiger charge is 2.39. The number of rotatable bonds is 22. The summed E-state index contributed by atoms with van der Waals surface area (Å²) in [7, 11) is 1.81. The zero-order chi connectivity index (χ0) is 64.8. The van der Waals surface area contributed by atoms with E-state index in [1.807, 2.05) is 84.7 Å². The van der Waals surface area contributed by atoms with Gasteiger partial charge in [0.25, 0.3) is 0 Å². The van der Waals surface area contributed by atoms with Gasteiger partial charge in [0.15, 0.2) is 17.3 Å². The Morgan fingerprint density at radius 2 is 0.767 bits per heavy atom. The highest BCUT2D eigenvalue weighted by atomic mass is 19.4. The van der Waals surface area contributed by atoms with Gasteiger partial charge in [-0.25, -0.2) is 0 Å². The Morgan fingerprint density at radius 1 is 0.407 bits per heavy atom. The molecule has 6 aromatic carbocycles. The second kappa shape index (κ2) is 31.4. The first-order valence-electron chi connectivity index (χ1n) is 30.3. The number of carbonyl (C=O) groups is 3. The van der Waals surface area contributed by atoms with E-state index >= 15 is 0 Å². The van der Waals surface area contributed by atoms with Gasteiger partial charge in [-0.2, -0.15) is 39.5 Å². The maximum absolute atomic E-state index is 13.8. The number of alkyl halides is 9. The van der Waals surface area contributed by atoms with Crippen LogP contribution in [0.15, 0.2) is 127 Å². The fourth-order valence-electron chi connectivity index (χ4n) is 11.7. The van der Waals surface area contributed by atoms with Crippen LogP contribution in [0.5, 0.6) is 0 Å². The summed E-state index contributed by atoms with van der Waals surface area (Å²) in [6, 6.07) is 32.7. The molecular formula is C73H90F9NO3. The first kappa shape index (κ1) is 72.0. The molecule has 0 spiro atoms. The van der Waals surface area contributed by atoms with Crippen LogP contribution in [0.1, 0.15) is 245 Å². The summed E-state index contributed by atoms with van der Waals surface area (Å²) in [6.07, 6.45) is -9.32. The Labute approximate surface area is 506 Å². The van der Waals surface area contributed by atoms with Gasteiger partial charge in [-0.3, -0.25) is 14.4 Å². The third kappa shape index (κ3) is 19.0. The second-order valence-corrected chi connectivity index (χ2v) is 24.7. The molecule has 86 heavy (non-hydrogen) atoms. The molecule has 6 rings (SSSR count). The average molecular weight is 1200 g/mol. The lowest BCUT2D eigenvalue weighted by Gasteiger charge is -2.28. The van der Waals surface area contributed by atoms with E-state index in [-0.39, 0.29) is 40.4 Å². The monoisotopic (exact) mass is 1200 g/mol. The molecule has 0 radical (unpaired) electrons. The van der Waals surface area contributed by atoms with E-state index in [0.29, 0.717) is 64.9 Å². The summed E-state index contributed by atoms with van der Waals surface area (Å²) in [5, 5.41) is 0. The summed E-state index contributed by atoms with van der Waals surface area (Å²) in [5.41, 5.74) is 2.04. The average Bonchev–Trinajstić information content (AvgIpc) is 1.85. The van der Waals surface area contributed by atoms with Crippen molar-refractivity contribution in [2.24, 2.45) is 29.6 Å². The summed E-state index contributed by atoms with van der Waals surface area (Å²) < 4.78 is 123. The van der Waals surface area contributed by atoms with Crippen molar-refractivity contribution < 1.29 is 53.9 Å². The molecule has 0 aliphatic rings. The standard InChI is InChI=1S/2C26H33F3O.C21H24F3NO/c1-16(2)20(17(3)4)13-11-19-12-14-24(26(27,28)29)23(15-19)25(30)22-10-8-7-9-21(22)18(5)6;1-7-10-20(16(2)3)18(6)19-13-14-24(26(27,28)29)23(15-19)25(30)22-12-9-8-11-21(22)17(4)5;1-5-12-25(4)15-10-11-19(21(22,23)24)18(13-15)20(26)17-9-7-6-8-16(17)14(2)3/h7-10,12,14-18,20H,11,13H2,1-6H3;8-9,11-18,20H,7,10H2,1-6H3;6-11,13-14H,5,12H2,1-4H3. The molecule has 0 aromatic heterocycles. The number of nitrogens with zero attached hydrogens (tertiary/aromatic N) is 1. The van der Waals surface area contributed by atoms with Gasteiger partial charge < -0.3 is 4.90 Å². The summed E-state index contributed by atoms with van der Waals surface area (Å²) in [5.74, 6) is 0.709. The maximum Gasteiger partial charge on any atom is 0.417 e. The van der Waals surface area contributed by atoms with E-state index in [1.54, 1.807) is 54.6 Å². The molecule has 6 aromatic rings. The molecule has 0 aliphatic heterocycles. The van der Waals surface area contributed by atoms with E-state index in [9.17, 15) is 53.9 Å². The SMILES string of the molecule is CC(C)c1ccccc1C(=O)c1cc(CCC(C(C)C)C(C)C)ccc1C(F)(F)F.CCCC(C(C)C)C(C)c1ccc(C(F)(F)F)c(C(=O)c2ccccc2C(C)C)c1.CCCN(C)c1ccc(C(F)(F)F)c(C(=O)c2ccccc2C(C)C)c1. The van der Waals surface area contributed by atoms with E-state index in [0.717, 1.165) is 71.7 Å². The number of halogens is 9. The number of ketones is 3. The van der Waals surface area contributed by atoms with Crippen molar-refractivity contribution in [3.8, 4) is 0 Å². The fraction of sp³-hybridized carbons (Fsp3) is 0.466. The Hall–Kier alpha value is -6.50. The number of anilines is 1. The first-order valence-corrected chi connectivity index (χ1v) is 30.3. The molecule has 2 unspecified atom stereocenters. The van der Waals surface area contributed by atoms with Crippen LogP contribution in [0.2, 0.25) is 0 Å². The number of aryl methyl sites for hydroxylation is 1. The van der Waals surface area contributed by atoms with Crippen LogP contribution in [-0.4, -0.2) is 30.9 Å². The number of carbonyl (C=O) groups excluding carboxylic acids is 3. The lowest BCUT2D eigenvalue weighted by Crippen LogP contribution is -2.20. The molecule has 0 heterocycles. The van der Waals surface area contributed by atoms with Gasteiger partial charge in [-0.05, 0) is 149 Å². The van der Waals surface area contributed by atoms with Crippen LogP contribution in [0.4, 0.5) is 45.2 Å². The van der Waals surface area contributed by atoms with E-state index in [1.165, 1.54) is 30.3 Å². The molecule has 0 N–H and O–H groups in total. The van der Waals surface area contributed by atoms with Crippen molar-refractivity contribution in [3.63, 3.8) is 0 Å². The van der Waals surface area contributed by atoms with E-state index in [4.69, 9.17) is 0 Å². The molecule has 13 heteroatoms. The zero-order valence-corrected chi connectivity index (χ0v) is 53.1. The molecule has 0 bridgehead atoms. The van der Waals surface area contributed by atoms with Crippen molar-refractivity contribution in [2.45, 2.75) is 178 Å². The van der Waals surface area contributed by atoms with Gasteiger partial charge in [0, 0.05) is 52.7 Å². The fourth-order valence-corrected chi connectivity index (χ4v) is 11.7. The van der Waals surface area contributed by atoms with Crippen molar-refractivity contribution in [1.29, 1.82) is 0 Å². The Morgan fingerprint density at radius 3 is 1.13 bits per heavy atom. The normalized spacial score (nSPS) is 12.8. The molecule has 0 saturated heterocycles. The molecule has 0 saturated carbocycles. The van der Waals surface area contributed by atoms with Crippen molar-refractivity contribution >= 4 is 23.0 Å². The number of hydrogen-bond acceptors (Lipinski definition) is 4. The van der Waals surface area contributed by atoms with Gasteiger partial charge in [-0.15, -0.1) is 0 Å². The molecule has 0 amide bonds. The lowest BCUT2D eigenvalue weighted by molar-refractivity contribution is -0.138. The van der Waals surface area contributed by atoms with Crippen LogP contribution in [0.25, 0.3) is 0 Å². The Bertz CT molecular complexity index is 3170. The van der Waals surface area contributed by atoms with E-state index in [2.05, 4.69) is 55.4 Å².